The van der Waals surface area contributed by atoms with Crippen molar-refractivity contribution in [3.05, 3.63) is 40.3 Å². The number of aromatic nitrogens is 2. The van der Waals surface area contributed by atoms with Gasteiger partial charge >= 0.3 is 0 Å². The van der Waals surface area contributed by atoms with Crippen LogP contribution in [0.1, 0.15) is 49.2 Å². The Morgan fingerprint density at radius 3 is 2.62 bits per heavy atom. The number of hydrogen-bond acceptors (Lipinski definition) is 5. The molecule has 2 aromatic heterocycles. The summed E-state index contributed by atoms with van der Waals surface area (Å²) >= 11 is 1.84. The normalized spacial score (nSPS) is 17.8. The van der Waals surface area contributed by atoms with Gasteiger partial charge in [0, 0.05) is 36.8 Å². The maximum Gasteiger partial charge on any atom is 0.191 e. The zero-order valence-corrected chi connectivity index (χ0v) is 23.3. The summed E-state index contributed by atoms with van der Waals surface area (Å²) in [6.07, 6.45) is 6.58. The number of rotatable bonds is 9. The molecule has 9 heteroatoms. The molecule has 1 fully saturated rings. The Morgan fingerprint density at radius 1 is 1.31 bits per heavy atom. The van der Waals surface area contributed by atoms with E-state index in [0.29, 0.717) is 6.04 Å². The second-order valence-electron chi connectivity index (χ2n) is 8.78. The summed E-state index contributed by atoms with van der Waals surface area (Å²) in [6, 6.07) is 5.00. The third-order valence-electron chi connectivity index (χ3n) is 6.09. The van der Waals surface area contributed by atoms with Gasteiger partial charge in [-0.15, -0.1) is 35.3 Å². The summed E-state index contributed by atoms with van der Waals surface area (Å²) in [5, 5.41) is 13.5. The highest BCUT2D eigenvalue weighted by atomic mass is 127. The van der Waals surface area contributed by atoms with Crippen LogP contribution in [-0.2, 0) is 7.05 Å². The Hall–Kier alpha value is -1.17. The van der Waals surface area contributed by atoms with Gasteiger partial charge in [0.1, 0.15) is 0 Å². The first kappa shape index (κ1) is 27.1. The van der Waals surface area contributed by atoms with Gasteiger partial charge in [0.25, 0.3) is 0 Å². The van der Waals surface area contributed by atoms with E-state index >= 15 is 0 Å². The lowest BCUT2D eigenvalue weighted by Gasteiger charge is -2.35. The van der Waals surface area contributed by atoms with Crippen molar-refractivity contribution in [2.45, 2.75) is 38.8 Å². The van der Waals surface area contributed by atoms with Crippen LogP contribution < -0.4 is 10.6 Å². The van der Waals surface area contributed by atoms with Crippen LogP contribution in [0.2, 0.25) is 0 Å². The maximum atomic E-state index is 5.01. The minimum absolute atomic E-state index is 0. The van der Waals surface area contributed by atoms with E-state index in [0.717, 1.165) is 44.6 Å². The zero-order chi connectivity index (χ0) is 22.2. The Balaban J connectivity index is 0.00000363. The number of aliphatic imine (C=N–C) groups is 1. The Bertz CT molecular complexity index is 797. The Morgan fingerprint density at radius 2 is 2.06 bits per heavy atom. The summed E-state index contributed by atoms with van der Waals surface area (Å²) < 4.78 is 1.86. The monoisotopic (exact) mass is 573 g/mol. The minimum Gasteiger partial charge on any atom is -0.357 e. The average Bonchev–Trinajstić information content (AvgIpc) is 3.41. The number of thiophene rings is 1. The number of nitrogens with one attached hydrogen (secondary N) is 2. The Labute approximate surface area is 214 Å². The predicted molar refractivity (Wildman–Crippen MR) is 146 cm³/mol. The van der Waals surface area contributed by atoms with Crippen LogP contribution in [0.4, 0.5) is 0 Å². The molecule has 0 bridgehead atoms. The lowest BCUT2D eigenvalue weighted by atomic mass is 9.97. The van der Waals surface area contributed by atoms with Gasteiger partial charge in [-0.1, -0.05) is 13.0 Å². The van der Waals surface area contributed by atoms with E-state index in [1.807, 2.05) is 29.3 Å². The summed E-state index contributed by atoms with van der Waals surface area (Å²) in [6.45, 7) is 9.19. The molecule has 2 N–H and O–H groups in total. The number of aryl methyl sites for hydroxylation is 1. The molecule has 3 heterocycles. The molecular weight excluding hydrogens is 533 g/mol. The van der Waals surface area contributed by atoms with Gasteiger partial charge in [0.2, 0.25) is 0 Å². The molecule has 2 aromatic rings. The van der Waals surface area contributed by atoms with Gasteiger partial charge in [0.05, 0.1) is 24.8 Å². The van der Waals surface area contributed by atoms with Crippen LogP contribution in [0, 0.1) is 5.92 Å². The van der Waals surface area contributed by atoms with E-state index in [-0.39, 0.29) is 30.0 Å². The average molecular weight is 574 g/mol. The number of guanidine groups is 1. The number of hydrogen-bond donors (Lipinski definition) is 2. The fourth-order valence-corrected chi connectivity index (χ4v) is 4.98. The number of likely N-dealkylation sites (N-methyl/N-ethyl adjacent to an activating group) is 1. The van der Waals surface area contributed by atoms with Crippen molar-refractivity contribution in [3.63, 3.8) is 0 Å². The third kappa shape index (κ3) is 7.71. The molecule has 0 amide bonds. The molecule has 2 atom stereocenters. The fourth-order valence-electron chi connectivity index (χ4n) is 4.13. The standard InChI is InChI=1S/C23H39N7S.HI/c1-6-24-23(25-15-20(28(3)4)19-14-27-29(5)17-19)26-16-21(22-8-7-13-31-22)30-11-9-18(2)10-12-30;/h7-8,13-14,17-18,20-21H,6,9-12,15-16H2,1-5H3,(H2,24,25,26);1H. The molecule has 180 valence electrons. The Kier molecular flexibility index (Phi) is 11.4. The van der Waals surface area contributed by atoms with E-state index in [1.54, 1.807) is 0 Å². The highest BCUT2D eigenvalue weighted by Gasteiger charge is 2.25. The van der Waals surface area contributed by atoms with Crippen LogP contribution in [0.25, 0.3) is 0 Å². The van der Waals surface area contributed by atoms with Crippen molar-refractivity contribution in [1.29, 1.82) is 0 Å². The summed E-state index contributed by atoms with van der Waals surface area (Å²) in [4.78, 5) is 11.3. The number of likely N-dealkylation sites (tertiary alicyclic amines) is 1. The highest BCUT2D eigenvalue weighted by molar-refractivity contribution is 14.0. The number of halogens is 1. The van der Waals surface area contributed by atoms with Crippen molar-refractivity contribution in [1.82, 2.24) is 30.2 Å². The quantitative estimate of drug-likeness (QED) is 0.272. The first-order valence-electron chi connectivity index (χ1n) is 11.4. The second-order valence-corrected chi connectivity index (χ2v) is 9.76. The zero-order valence-electron chi connectivity index (χ0n) is 20.1. The number of piperidine rings is 1. The van der Waals surface area contributed by atoms with Crippen molar-refractivity contribution in [2.75, 3.05) is 46.8 Å². The first-order chi connectivity index (χ1) is 15.0. The molecule has 3 rings (SSSR count). The van der Waals surface area contributed by atoms with E-state index < -0.39 is 0 Å². The van der Waals surface area contributed by atoms with Gasteiger partial charge in [-0.05, 0) is 64.3 Å². The summed E-state index contributed by atoms with van der Waals surface area (Å²) in [5.74, 6) is 1.71. The molecular formula is C23H40IN7S. The van der Waals surface area contributed by atoms with Crippen LogP contribution >= 0.6 is 35.3 Å². The van der Waals surface area contributed by atoms with Gasteiger partial charge in [0.15, 0.2) is 5.96 Å². The largest absolute Gasteiger partial charge is 0.357 e. The molecule has 0 radical (unpaired) electrons. The molecule has 0 aromatic carbocycles. The van der Waals surface area contributed by atoms with E-state index in [9.17, 15) is 0 Å². The van der Waals surface area contributed by atoms with E-state index in [4.69, 9.17) is 4.99 Å². The SMILES string of the molecule is CCNC(=NCC(c1cccs1)N1CCC(C)CC1)NCC(c1cnn(C)c1)N(C)C.I. The number of nitrogens with zero attached hydrogens (tertiary/aromatic N) is 5. The van der Waals surface area contributed by atoms with Gasteiger partial charge in [-0.3, -0.25) is 14.6 Å². The summed E-state index contributed by atoms with van der Waals surface area (Å²) in [5.41, 5.74) is 1.20. The lowest BCUT2D eigenvalue weighted by Crippen LogP contribution is -2.42. The van der Waals surface area contributed by atoms with Crippen molar-refractivity contribution < 1.29 is 0 Å². The van der Waals surface area contributed by atoms with Crippen molar-refractivity contribution in [3.8, 4) is 0 Å². The molecule has 0 aliphatic carbocycles. The van der Waals surface area contributed by atoms with Crippen LogP contribution in [0.15, 0.2) is 34.9 Å². The van der Waals surface area contributed by atoms with Gasteiger partial charge < -0.3 is 15.5 Å². The second kappa shape index (κ2) is 13.5. The van der Waals surface area contributed by atoms with Crippen LogP contribution in [0.3, 0.4) is 0 Å². The highest BCUT2D eigenvalue weighted by Crippen LogP contribution is 2.29. The van der Waals surface area contributed by atoms with E-state index in [1.165, 1.54) is 23.3 Å². The molecule has 0 spiro atoms. The third-order valence-corrected chi connectivity index (χ3v) is 7.07. The molecule has 32 heavy (non-hydrogen) atoms. The van der Waals surface area contributed by atoms with E-state index in [2.05, 4.69) is 77.2 Å². The first-order valence-corrected chi connectivity index (χ1v) is 12.3. The maximum absolute atomic E-state index is 5.01. The summed E-state index contributed by atoms with van der Waals surface area (Å²) in [7, 11) is 6.17. The van der Waals surface area contributed by atoms with Crippen molar-refractivity contribution >= 4 is 41.3 Å². The van der Waals surface area contributed by atoms with Crippen molar-refractivity contribution in [2.24, 2.45) is 18.0 Å². The molecule has 7 nitrogen and oxygen atoms in total. The molecule has 2 unspecified atom stereocenters. The van der Waals surface area contributed by atoms with Crippen LogP contribution in [0.5, 0.6) is 0 Å². The molecule has 1 saturated heterocycles. The topological polar surface area (TPSA) is 60.7 Å². The van der Waals surface area contributed by atoms with Crippen LogP contribution in [-0.4, -0.2) is 72.4 Å². The molecule has 0 saturated carbocycles. The molecule has 1 aliphatic heterocycles. The minimum atomic E-state index is 0. The fraction of sp³-hybridized carbons (Fsp3) is 0.652. The molecule has 1 aliphatic rings. The smallest absolute Gasteiger partial charge is 0.191 e. The van der Waals surface area contributed by atoms with Gasteiger partial charge in [-0.25, -0.2) is 0 Å². The lowest BCUT2D eigenvalue weighted by molar-refractivity contribution is 0.143. The predicted octanol–water partition coefficient (Wildman–Crippen LogP) is 3.73. The van der Waals surface area contributed by atoms with Gasteiger partial charge in [-0.2, -0.15) is 5.10 Å².